The molecule has 0 saturated carbocycles. The fourth-order valence-corrected chi connectivity index (χ4v) is 1.96. The molecule has 3 rings (SSSR count). The Kier molecular flexibility index (Phi) is 3.06. The van der Waals surface area contributed by atoms with Gasteiger partial charge in [0.05, 0.1) is 5.69 Å². The number of fused-ring (bicyclic) bond motifs is 1. The summed E-state index contributed by atoms with van der Waals surface area (Å²) in [6, 6.07) is 8.07. The van der Waals surface area contributed by atoms with E-state index in [9.17, 15) is 0 Å². The SMILES string of the molecule is Cc1nnc(NCCc2ncon2)c2ccccc12. The zero-order chi connectivity index (χ0) is 13.1. The van der Waals surface area contributed by atoms with Crippen molar-refractivity contribution in [3.63, 3.8) is 0 Å². The third-order valence-electron chi connectivity index (χ3n) is 2.92. The van der Waals surface area contributed by atoms with Gasteiger partial charge in [-0.15, -0.1) is 5.10 Å². The number of aryl methyl sites for hydroxylation is 1. The van der Waals surface area contributed by atoms with Crippen LogP contribution in [-0.2, 0) is 6.42 Å². The van der Waals surface area contributed by atoms with E-state index in [2.05, 4.69) is 30.2 Å². The maximum atomic E-state index is 4.69. The largest absolute Gasteiger partial charge is 0.368 e. The molecule has 1 aromatic carbocycles. The molecule has 96 valence electrons. The third kappa shape index (κ3) is 2.37. The molecule has 0 bridgehead atoms. The Labute approximate surface area is 109 Å². The minimum Gasteiger partial charge on any atom is -0.368 e. The van der Waals surface area contributed by atoms with E-state index in [1.54, 1.807) is 0 Å². The predicted octanol–water partition coefficient (Wildman–Crippen LogP) is 1.98. The van der Waals surface area contributed by atoms with E-state index < -0.39 is 0 Å². The summed E-state index contributed by atoms with van der Waals surface area (Å²) in [5, 5.41) is 17.6. The number of nitrogens with one attached hydrogen (secondary N) is 1. The number of hydrogen-bond acceptors (Lipinski definition) is 6. The summed E-state index contributed by atoms with van der Waals surface area (Å²) >= 11 is 0. The normalized spacial score (nSPS) is 10.8. The first kappa shape index (κ1) is 11.6. The summed E-state index contributed by atoms with van der Waals surface area (Å²) in [6.45, 7) is 2.64. The van der Waals surface area contributed by atoms with E-state index in [1.807, 2.05) is 31.2 Å². The highest BCUT2D eigenvalue weighted by Gasteiger charge is 2.06. The second kappa shape index (κ2) is 5.01. The zero-order valence-corrected chi connectivity index (χ0v) is 10.5. The highest BCUT2D eigenvalue weighted by Crippen LogP contribution is 2.21. The van der Waals surface area contributed by atoms with Crippen LogP contribution in [0.1, 0.15) is 11.5 Å². The van der Waals surface area contributed by atoms with Crippen molar-refractivity contribution in [3.8, 4) is 0 Å². The number of anilines is 1. The third-order valence-corrected chi connectivity index (χ3v) is 2.92. The van der Waals surface area contributed by atoms with Crippen LogP contribution in [-0.4, -0.2) is 26.9 Å². The van der Waals surface area contributed by atoms with Crippen LogP contribution in [0.25, 0.3) is 10.8 Å². The maximum Gasteiger partial charge on any atom is 0.213 e. The van der Waals surface area contributed by atoms with Crippen LogP contribution in [0.5, 0.6) is 0 Å². The van der Waals surface area contributed by atoms with Gasteiger partial charge in [0.2, 0.25) is 6.39 Å². The number of rotatable bonds is 4. The van der Waals surface area contributed by atoms with Gasteiger partial charge in [-0.3, -0.25) is 0 Å². The molecule has 0 aliphatic heterocycles. The second-order valence-electron chi connectivity index (χ2n) is 4.20. The molecule has 0 atom stereocenters. The lowest BCUT2D eigenvalue weighted by Crippen LogP contribution is -2.08. The second-order valence-corrected chi connectivity index (χ2v) is 4.20. The lowest BCUT2D eigenvalue weighted by atomic mass is 10.1. The van der Waals surface area contributed by atoms with E-state index in [-0.39, 0.29) is 0 Å². The molecule has 0 radical (unpaired) electrons. The van der Waals surface area contributed by atoms with Gasteiger partial charge in [0.1, 0.15) is 0 Å². The molecular formula is C13H13N5O. The Morgan fingerprint density at radius 3 is 2.79 bits per heavy atom. The molecule has 0 spiro atoms. The standard InChI is InChI=1S/C13H13N5O/c1-9-10-4-2-3-5-11(10)13(17-16-9)14-7-6-12-15-8-19-18-12/h2-5,8H,6-7H2,1H3,(H,14,17). The van der Waals surface area contributed by atoms with E-state index in [0.717, 1.165) is 22.3 Å². The summed E-state index contributed by atoms with van der Waals surface area (Å²) in [5.74, 6) is 1.46. The van der Waals surface area contributed by atoms with Crippen molar-refractivity contribution in [3.05, 3.63) is 42.2 Å². The summed E-state index contributed by atoms with van der Waals surface area (Å²) in [4.78, 5) is 3.97. The predicted molar refractivity (Wildman–Crippen MR) is 70.8 cm³/mol. The molecule has 3 aromatic rings. The molecule has 0 fully saturated rings. The Morgan fingerprint density at radius 2 is 2.00 bits per heavy atom. The van der Waals surface area contributed by atoms with E-state index in [4.69, 9.17) is 0 Å². The molecule has 6 nitrogen and oxygen atoms in total. The van der Waals surface area contributed by atoms with Gasteiger partial charge in [-0.25, -0.2) is 0 Å². The van der Waals surface area contributed by atoms with Crippen LogP contribution in [0.2, 0.25) is 0 Å². The molecule has 1 N–H and O–H groups in total. The molecule has 2 aromatic heterocycles. The summed E-state index contributed by atoms with van der Waals surface area (Å²) in [6.07, 6.45) is 2.01. The van der Waals surface area contributed by atoms with Crippen LogP contribution in [0, 0.1) is 6.92 Å². The first-order valence-corrected chi connectivity index (χ1v) is 6.06. The van der Waals surface area contributed by atoms with Gasteiger partial charge in [0.25, 0.3) is 0 Å². The van der Waals surface area contributed by atoms with Gasteiger partial charge >= 0.3 is 0 Å². The van der Waals surface area contributed by atoms with Crippen LogP contribution < -0.4 is 5.32 Å². The van der Waals surface area contributed by atoms with Crippen molar-refractivity contribution in [2.24, 2.45) is 0 Å². The monoisotopic (exact) mass is 255 g/mol. The van der Waals surface area contributed by atoms with E-state index >= 15 is 0 Å². The van der Waals surface area contributed by atoms with Gasteiger partial charge in [0.15, 0.2) is 11.6 Å². The first-order chi connectivity index (χ1) is 9.34. The molecule has 19 heavy (non-hydrogen) atoms. The van der Waals surface area contributed by atoms with E-state index in [1.165, 1.54) is 6.39 Å². The highest BCUT2D eigenvalue weighted by molar-refractivity contribution is 5.92. The van der Waals surface area contributed by atoms with Gasteiger partial charge < -0.3 is 9.84 Å². The van der Waals surface area contributed by atoms with Crippen LogP contribution in [0.4, 0.5) is 5.82 Å². The van der Waals surface area contributed by atoms with Gasteiger partial charge in [-0.1, -0.05) is 29.4 Å². The number of benzene rings is 1. The Balaban J connectivity index is 1.79. The molecule has 0 aliphatic carbocycles. The van der Waals surface area contributed by atoms with Gasteiger partial charge in [-0.05, 0) is 6.92 Å². The smallest absolute Gasteiger partial charge is 0.213 e. The Morgan fingerprint density at radius 1 is 1.16 bits per heavy atom. The maximum absolute atomic E-state index is 4.69. The average Bonchev–Trinajstić information content (AvgIpc) is 2.95. The van der Waals surface area contributed by atoms with Crippen molar-refractivity contribution in [2.75, 3.05) is 11.9 Å². The molecular weight excluding hydrogens is 242 g/mol. The van der Waals surface area contributed by atoms with Crippen molar-refractivity contribution in [1.29, 1.82) is 0 Å². The number of aromatic nitrogens is 4. The summed E-state index contributed by atoms with van der Waals surface area (Å²) in [5.41, 5.74) is 0.930. The molecule has 0 saturated heterocycles. The molecule has 0 unspecified atom stereocenters. The molecule has 0 aliphatic rings. The van der Waals surface area contributed by atoms with Crippen molar-refractivity contribution >= 4 is 16.6 Å². The summed E-state index contributed by atoms with van der Waals surface area (Å²) in [7, 11) is 0. The Hall–Kier alpha value is -2.50. The van der Waals surface area contributed by atoms with Crippen molar-refractivity contribution < 1.29 is 4.52 Å². The zero-order valence-electron chi connectivity index (χ0n) is 10.5. The minimum absolute atomic E-state index is 0.678. The van der Waals surface area contributed by atoms with Gasteiger partial charge in [-0.2, -0.15) is 10.1 Å². The van der Waals surface area contributed by atoms with Gasteiger partial charge in [0, 0.05) is 23.7 Å². The quantitative estimate of drug-likeness (QED) is 0.768. The van der Waals surface area contributed by atoms with Crippen molar-refractivity contribution in [2.45, 2.75) is 13.3 Å². The lowest BCUT2D eigenvalue weighted by molar-refractivity contribution is 0.410. The number of hydrogen-bond donors (Lipinski definition) is 1. The first-order valence-electron chi connectivity index (χ1n) is 6.06. The molecule has 6 heteroatoms. The fourth-order valence-electron chi connectivity index (χ4n) is 1.96. The number of nitrogens with zero attached hydrogens (tertiary/aromatic N) is 4. The van der Waals surface area contributed by atoms with Crippen molar-refractivity contribution in [1.82, 2.24) is 20.3 Å². The summed E-state index contributed by atoms with van der Waals surface area (Å²) < 4.78 is 4.69. The Bertz CT molecular complexity index is 681. The van der Waals surface area contributed by atoms with Crippen LogP contribution in [0.3, 0.4) is 0 Å². The molecule has 2 heterocycles. The van der Waals surface area contributed by atoms with Crippen LogP contribution >= 0.6 is 0 Å². The topological polar surface area (TPSA) is 76.7 Å². The lowest BCUT2D eigenvalue weighted by Gasteiger charge is -2.08. The van der Waals surface area contributed by atoms with E-state index in [0.29, 0.717) is 18.8 Å². The van der Waals surface area contributed by atoms with Crippen LogP contribution in [0.15, 0.2) is 35.2 Å². The molecule has 0 amide bonds. The fraction of sp³-hybridized carbons (Fsp3) is 0.231. The minimum atomic E-state index is 0.678. The average molecular weight is 255 g/mol. The highest BCUT2D eigenvalue weighted by atomic mass is 16.5.